The van der Waals surface area contributed by atoms with Crippen LogP contribution in [0.1, 0.15) is 5.56 Å². The Hall–Kier alpha value is -1.91. The summed E-state index contributed by atoms with van der Waals surface area (Å²) in [6.45, 7) is 0. The second-order valence-electron chi connectivity index (χ2n) is 4.06. The van der Waals surface area contributed by atoms with Crippen LogP contribution in [0, 0.1) is 0 Å². The number of hydrogen-bond acceptors (Lipinski definition) is 3. The number of phenolic OH excluding ortho intramolecular Hbond substituents is 1. The van der Waals surface area contributed by atoms with Crippen molar-refractivity contribution in [3.05, 3.63) is 52.0 Å². The molecule has 0 aliphatic rings. The lowest BCUT2D eigenvalue weighted by atomic mass is 10.1. The maximum atomic E-state index is 10.7. The van der Waals surface area contributed by atoms with Crippen molar-refractivity contribution in [3.8, 4) is 17.2 Å². The van der Waals surface area contributed by atoms with Gasteiger partial charge in [0.05, 0.1) is 16.5 Å². The SMILES string of the molecule is O=C(O)Cc1cc(Cl)c(Oc2ccc(O)cc2)c(Cl)c1. The van der Waals surface area contributed by atoms with Crippen LogP contribution < -0.4 is 4.74 Å². The first-order chi connectivity index (χ1) is 9.45. The predicted octanol–water partition coefficient (Wildman–Crippen LogP) is 4.12. The molecule has 4 nitrogen and oxygen atoms in total. The first kappa shape index (κ1) is 14.5. The Morgan fingerprint density at radius 2 is 1.65 bits per heavy atom. The molecule has 0 heterocycles. The van der Waals surface area contributed by atoms with E-state index in [1.807, 2.05) is 0 Å². The Bertz CT molecular complexity index is 615. The van der Waals surface area contributed by atoms with E-state index in [1.165, 1.54) is 24.3 Å². The highest BCUT2D eigenvalue weighted by Crippen LogP contribution is 2.37. The minimum atomic E-state index is -0.968. The summed E-state index contributed by atoms with van der Waals surface area (Å²) in [7, 11) is 0. The second kappa shape index (κ2) is 6.03. The van der Waals surface area contributed by atoms with E-state index in [9.17, 15) is 9.90 Å². The average Bonchev–Trinajstić information content (AvgIpc) is 2.35. The molecule has 0 amide bonds. The van der Waals surface area contributed by atoms with Crippen molar-refractivity contribution in [2.45, 2.75) is 6.42 Å². The molecule has 2 N–H and O–H groups in total. The highest BCUT2D eigenvalue weighted by atomic mass is 35.5. The van der Waals surface area contributed by atoms with E-state index < -0.39 is 5.97 Å². The van der Waals surface area contributed by atoms with Crippen molar-refractivity contribution in [1.29, 1.82) is 0 Å². The average molecular weight is 313 g/mol. The number of aliphatic carboxylic acids is 1. The summed E-state index contributed by atoms with van der Waals surface area (Å²) in [5.41, 5.74) is 0.491. The summed E-state index contributed by atoms with van der Waals surface area (Å²) in [4.78, 5) is 10.7. The number of rotatable bonds is 4. The number of ether oxygens (including phenoxy) is 1. The van der Waals surface area contributed by atoms with E-state index in [1.54, 1.807) is 12.1 Å². The van der Waals surface area contributed by atoms with Gasteiger partial charge in [0.2, 0.25) is 0 Å². The molecule has 0 aliphatic carbocycles. The summed E-state index contributed by atoms with van der Waals surface area (Å²) in [6.07, 6.45) is -0.168. The molecule has 0 unspecified atom stereocenters. The zero-order valence-corrected chi connectivity index (χ0v) is 11.6. The smallest absolute Gasteiger partial charge is 0.307 e. The van der Waals surface area contributed by atoms with Gasteiger partial charge in [0.15, 0.2) is 5.75 Å². The zero-order chi connectivity index (χ0) is 14.7. The number of hydrogen-bond donors (Lipinski definition) is 2. The standard InChI is InChI=1S/C14H10Cl2O4/c15-11-5-8(7-13(18)19)6-12(16)14(11)20-10-3-1-9(17)2-4-10/h1-6,17H,7H2,(H,18,19). The van der Waals surface area contributed by atoms with Crippen LogP contribution in [0.15, 0.2) is 36.4 Å². The summed E-state index contributed by atoms with van der Waals surface area (Å²) in [6, 6.07) is 9.06. The van der Waals surface area contributed by atoms with Crippen molar-refractivity contribution in [1.82, 2.24) is 0 Å². The third kappa shape index (κ3) is 3.56. The first-order valence-electron chi connectivity index (χ1n) is 5.62. The van der Waals surface area contributed by atoms with Crippen LogP contribution in [0.5, 0.6) is 17.2 Å². The molecule has 0 saturated carbocycles. The lowest BCUT2D eigenvalue weighted by molar-refractivity contribution is -0.136. The molecule has 0 atom stereocenters. The topological polar surface area (TPSA) is 66.8 Å². The maximum Gasteiger partial charge on any atom is 0.307 e. The van der Waals surface area contributed by atoms with Crippen LogP contribution in [0.2, 0.25) is 10.0 Å². The molecule has 20 heavy (non-hydrogen) atoms. The van der Waals surface area contributed by atoms with Crippen molar-refractivity contribution in [2.75, 3.05) is 0 Å². The summed E-state index contributed by atoms with van der Waals surface area (Å²) >= 11 is 12.1. The molecule has 2 aromatic carbocycles. The molecule has 0 aromatic heterocycles. The summed E-state index contributed by atoms with van der Waals surface area (Å²) in [5.74, 6) is -0.151. The third-order valence-corrected chi connectivity index (χ3v) is 3.03. The van der Waals surface area contributed by atoms with Crippen molar-refractivity contribution in [2.24, 2.45) is 0 Å². The second-order valence-corrected chi connectivity index (χ2v) is 4.87. The monoisotopic (exact) mass is 312 g/mol. The lowest BCUT2D eigenvalue weighted by Gasteiger charge is -2.11. The van der Waals surface area contributed by atoms with Crippen LogP contribution in [0.25, 0.3) is 0 Å². The quantitative estimate of drug-likeness (QED) is 0.891. The number of carboxylic acid groups (broad SMARTS) is 1. The van der Waals surface area contributed by atoms with Gasteiger partial charge in [-0.05, 0) is 42.0 Å². The van der Waals surface area contributed by atoms with E-state index in [4.69, 9.17) is 33.0 Å². The normalized spacial score (nSPS) is 10.3. The van der Waals surface area contributed by atoms with Gasteiger partial charge in [-0.2, -0.15) is 0 Å². The van der Waals surface area contributed by atoms with Crippen molar-refractivity contribution >= 4 is 29.2 Å². The van der Waals surface area contributed by atoms with Gasteiger partial charge >= 0.3 is 5.97 Å². The minimum Gasteiger partial charge on any atom is -0.508 e. The number of carboxylic acids is 1. The fraction of sp³-hybridized carbons (Fsp3) is 0.0714. The Kier molecular flexibility index (Phi) is 4.37. The Labute approximate surface area is 125 Å². The Morgan fingerprint density at radius 1 is 1.10 bits per heavy atom. The van der Waals surface area contributed by atoms with Crippen LogP contribution in [-0.4, -0.2) is 16.2 Å². The van der Waals surface area contributed by atoms with Crippen molar-refractivity contribution < 1.29 is 19.7 Å². The molecule has 0 saturated heterocycles. The van der Waals surface area contributed by atoms with E-state index in [0.717, 1.165) is 0 Å². The molecule has 6 heteroatoms. The van der Waals surface area contributed by atoms with E-state index in [0.29, 0.717) is 11.3 Å². The molecular formula is C14H10Cl2O4. The highest BCUT2D eigenvalue weighted by molar-refractivity contribution is 6.37. The van der Waals surface area contributed by atoms with E-state index in [2.05, 4.69) is 0 Å². The molecule has 104 valence electrons. The largest absolute Gasteiger partial charge is 0.508 e. The van der Waals surface area contributed by atoms with Crippen LogP contribution in [0.3, 0.4) is 0 Å². The number of aromatic hydroxyl groups is 1. The Balaban J connectivity index is 2.28. The molecule has 0 radical (unpaired) electrons. The predicted molar refractivity (Wildman–Crippen MR) is 76.0 cm³/mol. The Morgan fingerprint density at radius 3 is 2.15 bits per heavy atom. The van der Waals surface area contributed by atoms with Gasteiger partial charge in [-0.25, -0.2) is 0 Å². The van der Waals surface area contributed by atoms with Crippen LogP contribution >= 0.6 is 23.2 Å². The van der Waals surface area contributed by atoms with E-state index >= 15 is 0 Å². The highest BCUT2D eigenvalue weighted by Gasteiger charge is 2.12. The summed E-state index contributed by atoms with van der Waals surface area (Å²) in [5, 5.41) is 18.4. The van der Waals surface area contributed by atoms with Crippen LogP contribution in [0.4, 0.5) is 0 Å². The molecule has 2 rings (SSSR count). The summed E-state index contributed by atoms with van der Waals surface area (Å²) < 4.78 is 5.53. The van der Waals surface area contributed by atoms with Crippen molar-refractivity contribution in [3.63, 3.8) is 0 Å². The fourth-order valence-electron chi connectivity index (χ4n) is 1.62. The van der Waals surface area contributed by atoms with Gasteiger partial charge in [-0.15, -0.1) is 0 Å². The van der Waals surface area contributed by atoms with Gasteiger partial charge < -0.3 is 14.9 Å². The van der Waals surface area contributed by atoms with E-state index in [-0.39, 0.29) is 28.0 Å². The molecule has 0 fully saturated rings. The maximum absolute atomic E-state index is 10.7. The third-order valence-electron chi connectivity index (χ3n) is 2.47. The van der Waals surface area contributed by atoms with Crippen LogP contribution in [-0.2, 0) is 11.2 Å². The molecule has 0 bridgehead atoms. The van der Waals surface area contributed by atoms with Gasteiger partial charge in [-0.1, -0.05) is 23.2 Å². The van der Waals surface area contributed by atoms with Gasteiger partial charge in [-0.3, -0.25) is 4.79 Å². The zero-order valence-electron chi connectivity index (χ0n) is 10.1. The van der Waals surface area contributed by atoms with Gasteiger partial charge in [0.1, 0.15) is 11.5 Å². The lowest BCUT2D eigenvalue weighted by Crippen LogP contribution is -2.00. The molecule has 2 aromatic rings. The van der Waals surface area contributed by atoms with Gasteiger partial charge in [0, 0.05) is 0 Å². The number of carbonyl (C=O) groups is 1. The minimum absolute atomic E-state index is 0.117. The molecular weight excluding hydrogens is 303 g/mol. The number of benzene rings is 2. The molecule has 0 spiro atoms. The number of phenols is 1. The number of halogens is 2. The van der Waals surface area contributed by atoms with Gasteiger partial charge in [0.25, 0.3) is 0 Å². The fourth-order valence-corrected chi connectivity index (χ4v) is 2.23. The molecule has 0 aliphatic heterocycles. The first-order valence-corrected chi connectivity index (χ1v) is 6.38.